The van der Waals surface area contributed by atoms with Gasteiger partial charge < -0.3 is 5.32 Å². The first-order valence-corrected chi connectivity index (χ1v) is 10.8. The fourth-order valence-electron chi connectivity index (χ4n) is 2.41. The summed E-state index contributed by atoms with van der Waals surface area (Å²) in [5, 5.41) is 12.0. The van der Waals surface area contributed by atoms with E-state index in [4.69, 9.17) is 0 Å². The van der Waals surface area contributed by atoms with E-state index in [9.17, 15) is 9.59 Å². The number of thiophene rings is 1. The summed E-state index contributed by atoms with van der Waals surface area (Å²) >= 11 is 6.16. The van der Waals surface area contributed by atoms with E-state index in [0.717, 1.165) is 15.3 Å². The van der Waals surface area contributed by atoms with Crippen LogP contribution >= 0.6 is 39.0 Å². The molecule has 0 atom stereocenters. The zero-order valence-electron chi connectivity index (χ0n) is 14.5. The van der Waals surface area contributed by atoms with Crippen LogP contribution in [0.5, 0.6) is 0 Å². The number of halogens is 1. The third-order valence-corrected chi connectivity index (χ3v) is 6.21. The maximum absolute atomic E-state index is 12.4. The van der Waals surface area contributed by atoms with Crippen molar-refractivity contribution < 1.29 is 9.59 Å². The SMILES string of the molecule is CC(=O)NCCc1nnc(SCC(=O)c2ccc(Br)s2)n1-c1ccccc1. The van der Waals surface area contributed by atoms with E-state index in [-0.39, 0.29) is 17.4 Å². The third kappa shape index (κ3) is 5.27. The van der Waals surface area contributed by atoms with Gasteiger partial charge in [0.1, 0.15) is 5.82 Å². The topological polar surface area (TPSA) is 76.9 Å². The van der Waals surface area contributed by atoms with Gasteiger partial charge in [-0.3, -0.25) is 14.2 Å². The van der Waals surface area contributed by atoms with Gasteiger partial charge in [0.2, 0.25) is 5.91 Å². The number of aromatic nitrogens is 3. The van der Waals surface area contributed by atoms with Crippen LogP contribution in [0.25, 0.3) is 5.69 Å². The van der Waals surface area contributed by atoms with Crippen molar-refractivity contribution in [3.05, 3.63) is 57.0 Å². The molecule has 1 aromatic carbocycles. The molecule has 0 aliphatic carbocycles. The number of benzene rings is 1. The zero-order chi connectivity index (χ0) is 19.2. The molecule has 0 spiro atoms. The van der Waals surface area contributed by atoms with Gasteiger partial charge in [-0.2, -0.15) is 0 Å². The van der Waals surface area contributed by atoms with Crippen LogP contribution in [0.1, 0.15) is 22.4 Å². The van der Waals surface area contributed by atoms with Crippen LogP contribution in [-0.2, 0) is 11.2 Å². The number of rotatable bonds is 8. The summed E-state index contributed by atoms with van der Waals surface area (Å²) in [7, 11) is 0. The van der Waals surface area contributed by atoms with Gasteiger partial charge in [0.15, 0.2) is 10.9 Å². The van der Waals surface area contributed by atoms with Gasteiger partial charge in [0.25, 0.3) is 0 Å². The van der Waals surface area contributed by atoms with Crippen LogP contribution in [0, 0.1) is 0 Å². The molecule has 0 saturated heterocycles. The highest BCUT2D eigenvalue weighted by Crippen LogP contribution is 2.26. The molecule has 0 fully saturated rings. The first kappa shape index (κ1) is 19.8. The number of amides is 1. The van der Waals surface area contributed by atoms with Crippen LogP contribution in [0.2, 0.25) is 0 Å². The number of carbonyl (C=O) groups is 2. The summed E-state index contributed by atoms with van der Waals surface area (Å²) in [6, 6.07) is 13.4. The maximum Gasteiger partial charge on any atom is 0.216 e. The van der Waals surface area contributed by atoms with Crippen LogP contribution in [0.3, 0.4) is 0 Å². The van der Waals surface area contributed by atoms with Gasteiger partial charge in [0, 0.05) is 25.6 Å². The van der Waals surface area contributed by atoms with Crippen molar-refractivity contribution in [1.82, 2.24) is 20.1 Å². The number of ketones is 1. The van der Waals surface area contributed by atoms with Crippen molar-refractivity contribution in [2.75, 3.05) is 12.3 Å². The minimum absolute atomic E-state index is 0.0538. The standard InChI is InChI=1S/C18H17BrN4O2S2/c1-12(24)20-10-9-17-21-22-18(23(17)13-5-3-2-4-6-13)26-11-14(25)15-7-8-16(19)27-15/h2-8H,9-11H2,1H3,(H,20,24). The Morgan fingerprint density at radius 3 is 2.63 bits per heavy atom. The summed E-state index contributed by atoms with van der Waals surface area (Å²) in [5.74, 6) is 0.994. The summed E-state index contributed by atoms with van der Waals surface area (Å²) in [6.45, 7) is 1.96. The molecule has 0 aliphatic heterocycles. The minimum atomic E-state index is -0.0805. The van der Waals surface area contributed by atoms with Crippen molar-refractivity contribution in [3.8, 4) is 5.69 Å². The van der Waals surface area contributed by atoms with E-state index < -0.39 is 0 Å². The number of nitrogens with zero attached hydrogens (tertiary/aromatic N) is 3. The zero-order valence-corrected chi connectivity index (χ0v) is 17.7. The molecule has 3 rings (SSSR count). The first-order chi connectivity index (χ1) is 13.0. The molecule has 9 heteroatoms. The van der Waals surface area contributed by atoms with Crippen molar-refractivity contribution in [2.24, 2.45) is 0 Å². The van der Waals surface area contributed by atoms with Gasteiger partial charge in [0.05, 0.1) is 14.4 Å². The van der Waals surface area contributed by atoms with Gasteiger partial charge in [-0.05, 0) is 40.2 Å². The molecule has 140 valence electrons. The molecule has 2 aromatic heterocycles. The van der Waals surface area contributed by atoms with Crippen LogP contribution < -0.4 is 5.32 Å². The highest BCUT2D eigenvalue weighted by molar-refractivity contribution is 9.11. The summed E-state index contributed by atoms with van der Waals surface area (Å²) in [5.41, 5.74) is 0.925. The number of hydrogen-bond donors (Lipinski definition) is 1. The van der Waals surface area contributed by atoms with E-state index in [0.29, 0.717) is 23.0 Å². The Balaban J connectivity index is 1.78. The van der Waals surface area contributed by atoms with E-state index in [1.807, 2.05) is 47.0 Å². The second-order valence-corrected chi connectivity index (χ2v) is 9.02. The molecule has 2 heterocycles. The summed E-state index contributed by atoms with van der Waals surface area (Å²) in [4.78, 5) is 24.2. The summed E-state index contributed by atoms with van der Waals surface area (Å²) < 4.78 is 2.87. The van der Waals surface area contributed by atoms with Gasteiger partial charge >= 0.3 is 0 Å². The third-order valence-electron chi connectivity index (χ3n) is 3.62. The molecule has 0 radical (unpaired) electrons. The predicted molar refractivity (Wildman–Crippen MR) is 111 cm³/mol. The number of hydrogen-bond acceptors (Lipinski definition) is 6. The van der Waals surface area contributed by atoms with Crippen molar-refractivity contribution >= 4 is 50.7 Å². The lowest BCUT2D eigenvalue weighted by atomic mass is 10.3. The van der Waals surface area contributed by atoms with E-state index in [1.165, 1.54) is 30.0 Å². The lowest BCUT2D eigenvalue weighted by Crippen LogP contribution is -2.23. The van der Waals surface area contributed by atoms with E-state index in [1.54, 1.807) is 0 Å². The Morgan fingerprint density at radius 1 is 1.19 bits per heavy atom. The Hall–Kier alpha value is -1.97. The number of thioether (sulfide) groups is 1. The second kappa shape index (κ2) is 9.29. The molecule has 3 aromatic rings. The monoisotopic (exact) mass is 464 g/mol. The predicted octanol–water partition coefficient (Wildman–Crippen LogP) is 3.74. The molecule has 27 heavy (non-hydrogen) atoms. The smallest absolute Gasteiger partial charge is 0.216 e. The molecule has 6 nitrogen and oxygen atoms in total. The Kier molecular flexibility index (Phi) is 6.81. The fraction of sp³-hybridized carbons (Fsp3) is 0.222. The van der Waals surface area contributed by atoms with E-state index in [2.05, 4.69) is 31.4 Å². The Morgan fingerprint density at radius 2 is 1.96 bits per heavy atom. The molecular weight excluding hydrogens is 448 g/mol. The largest absolute Gasteiger partial charge is 0.356 e. The first-order valence-electron chi connectivity index (χ1n) is 8.20. The quantitative estimate of drug-likeness (QED) is 0.405. The number of Topliss-reactive ketones (excluding diaryl/α,β-unsaturated/α-hetero) is 1. The minimum Gasteiger partial charge on any atom is -0.356 e. The maximum atomic E-state index is 12.4. The lowest BCUT2D eigenvalue weighted by molar-refractivity contribution is -0.118. The highest BCUT2D eigenvalue weighted by Gasteiger charge is 2.17. The number of para-hydroxylation sites is 1. The number of nitrogens with one attached hydrogen (secondary N) is 1. The van der Waals surface area contributed by atoms with Gasteiger partial charge in [-0.15, -0.1) is 21.5 Å². The molecule has 0 unspecified atom stereocenters. The average Bonchev–Trinajstić information content (AvgIpc) is 3.26. The second-order valence-electron chi connectivity index (χ2n) is 5.62. The normalized spacial score (nSPS) is 10.7. The molecular formula is C18H17BrN4O2S2. The molecule has 0 bridgehead atoms. The van der Waals surface area contributed by atoms with E-state index >= 15 is 0 Å². The average molecular weight is 465 g/mol. The van der Waals surface area contributed by atoms with Crippen molar-refractivity contribution in [3.63, 3.8) is 0 Å². The van der Waals surface area contributed by atoms with Crippen LogP contribution in [0.15, 0.2) is 51.4 Å². The summed E-state index contributed by atoms with van der Waals surface area (Å²) in [6.07, 6.45) is 0.549. The molecule has 1 amide bonds. The molecule has 1 N–H and O–H groups in total. The van der Waals surface area contributed by atoms with Crippen LogP contribution in [0.4, 0.5) is 0 Å². The lowest BCUT2D eigenvalue weighted by Gasteiger charge is -2.10. The van der Waals surface area contributed by atoms with Crippen molar-refractivity contribution in [1.29, 1.82) is 0 Å². The van der Waals surface area contributed by atoms with Crippen LogP contribution in [-0.4, -0.2) is 38.8 Å². The highest BCUT2D eigenvalue weighted by atomic mass is 79.9. The number of carbonyl (C=O) groups excluding carboxylic acids is 2. The Bertz CT molecular complexity index is 940. The molecule has 0 aliphatic rings. The van der Waals surface area contributed by atoms with Gasteiger partial charge in [-0.25, -0.2) is 0 Å². The van der Waals surface area contributed by atoms with Crippen molar-refractivity contribution in [2.45, 2.75) is 18.5 Å². The van der Waals surface area contributed by atoms with Gasteiger partial charge in [-0.1, -0.05) is 30.0 Å². The molecule has 0 saturated carbocycles. The fourth-order valence-corrected chi connectivity index (χ4v) is 4.68. The Labute approximate surface area is 173 Å².